The van der Waals surface area contributed by atoms with Gasteiger partial charge in [0.2, 0.25) is 0 Å². The molecule has 1 atom stereocenters. The van der Waals surface area contributed by atoms with Crippen LogP contribution in [0.3, 0.4) is 0 Å². The Morgan fingerprint density at radius 1 is 0.976 bits per heavy atom. The van der Waals surface area contributed by atoms with E-state index in [1.54, 1.807) is 6.92 Å². The van der Waals surface area contributed by atoms with Crippen LogP contribution < -0.4 is 16.4 Å². The lowest BCUT2D eigenvalue weighted by atomic mass is 9.94. The molecule has 2 aromatic rings. The number of rotatable bonds is 10. The summed E-state index contributed by atoms with van der Waals surface area (Å²) in [6.45, 7) is 33.3. The van der Waals surface area contributed by atoms with E-state index in [0.717, 1.165) is 46.8 Å². The van der Waals surface area contributed by atoms with Crippen molar-refractivity contribution < 1.29 is 0 Å². The van der Waals surface area contributed by atoms with Crippen LogP contribution in [0.4, 0.5) is 0 Å². The van der Waals surface area contributed by atoms with Gasteiger partial charge in [0.05, 0.1) is 17.5 Å². The van der Waals surface area contributed by atoms with E-state index >= 15 is 0 Å². The van der Waals surface area contributed by atoms with Crippen molar-refractivity contribution in [1.82, 2.24) is 10.6 Å². The van der Waals surface area contributed by atoms with Gasteiger partial charge in [0.25, 0.3) is 0 Å². The van der Waals surface area contributed by atoms with Crippen LogP contribution in [0.5, 0.6) is 0 Å². The zero-order valence-corrected chi connectivity index (χ0v) is 26.6. The predicted molar refractivity (Wildman–Crippen MR) is 181 cm³/mol. The van der Waals surface area contributed by atoms with Crippen molar-refractivity contribution in [3.8, 4) is 0 Å². The molecule has 0 amide bonds. The molecule has 1 unspecified atom stereocenters. The van der Waals surface area contributed by atoms with Crippen molar-refractivity contribution in [3.05, 3.63) is 136 Å². The first-order chi connectivity index (χ1) is 19.2. The fourth-order valence-corrected chi connectivity index (χ4v) is 4.76. The highest BCUT2D eigenvalue weighted by atomic mass is 14.9. The lowest BCUT2D eigenvalue weighted by Gasteiger charge is -2.20. The first kappa shape index (κ1) is 33.2. The van der Waals surface area contributed by atoms with Crippen molar-refractivity contribution in [1.29, 1.82) is 0 Å². The van der Waals surface area contributed by atoms with Gasteiger partial charge in [-0.2, -0.15) is 0 Å². The smallest absolute Gasteiger partial charge is 0.0861 e. The number of hydrogen-bond acceptors (Lipinski definition) is 4. The van der Waals surface area contributed by atoms with Gasteiger partial charge in [-0.25, -0.2) is 0 Å². The summed E-state index contributed by atoms with van der Waals surface area (Å²) in [6, 6.07) is 11.3. The SMILES string of the molecule is C=C(C)N.C=C(NCc1ccc(C)c(C)c1)C(/C=C(\C)C(=C)NC1CCc2c1ccc(C(=C)C)c2C)=N\C(C)=C\C. The molecular formula is C37H50N4. The summed E-state index contributed by atoms with van der Waals surface area (Å²) in [6.07, 6.45) is 6.21. The van der Waals surface area contributed by atoms with Gasteiger partial charge in [-0.05, 0) is 125 Å². The maximum absolute atomic E-state index is 4.92. The summed E-state index contributed by atoms with van der Waals surface area (Å²) in [5.74, 6) is 0. The second kappa shape index (κ2) is 15.1. The molecule has 3 rings (SSSR count). The Hall–Kier alpha value is -4.05. The number of nitrogens with zero attached hydrogens (tertiary/aromatic N) is 1. The molecule has 0 fully saturated rings. The molecule has 0 heterocycles. The average molecular weight is 551 g/mol. The van der Waals surface area contributed by atoms with Crippen LogP contribution in [-0.4, -0.2) is 5.71 Å². The highest BCUT2D eigenvalue weighted by Crippen LogP contribution is 2.36. The van der Waals surface area contributed by atoms with E-state index in [0.29, 0.717) is 12.2 Å². The van der Waals surface area contributed by atoms with Gasteiger partial charge in [-0.3, -0.25) is 4.99 Å². The topological polar surface area (TPSA) is 62.4 Å². The summed E-state index contributed by atoms with van der Waals surface area (Å²) in [5, 5.41) is 7.16. The standard InChI is InChI=1S/C34H43N3.C3H7N/c1-11-25(7)36-34(28(10)35-20-29-13-12-22(4)23(5)18-29)19-24(6)27(9)37-33-17-16-31-26(8)30(21(2)3)14-15-32(31)33;1-3(2)4/h11-15,18-19,33,35,37H,2,9-10,16-17,20H2,1,3-8H3;1,4H2,2H3/b24-19+,25-11+,36-34-;. The molecule has 0 aliphatic heterocycles. The average Bonchev–Trinajstić information content (AvgIpc) is 3.31. The molecular weight excluding hydrogens is 500 g/mol. The molecule has 41 heavy (non-hydrogen) atoms. The minimum Gasteiger partial charge on any atom is -0.403 e. The third-order valence-corrected chi connectivity index (χ3v) is 7.43. The minimum atomic E-state index is 0.257. The fraction of sp³-hybridized carbons (Fsp3) is 0.324. The van der Waals surface area contributed by atoms with Crippen LogP contribution in [0.1, 0.15) is 86.0 Å². The number of benzene rings is 2. The van der Waals surface area contributed by atoms with E-state index in [4.69, 9.17) is 10.7 Å². The highest BCUT2D eigenvalue weighted by molar-refractivity contribution is 6.08. The van der Waals surface area contributed by atoms with Crippen molar-refractivity contribution in [2.24, 2.45) is 10.7 Å². The molecule has 218 valence electrons. The third-order valence-electron chi connectivity index (χ3n) is 7.43. The van der Waals surface area contributed by atoms with Crippen molar-refractivity contribution >= 4 is 11.3 Å². The number of fused-ring (bicyclic) bond motifs is 1. The van der Waals surface area contributed by atoms with Crippen LogP contribution in [0.25, 0.3) is 5.57 Å². The molecule has 0 spiro atoms. The summed E-state index contributed by atoms with van der Waals surface area (Å²) >= 11 is 0. The van der Waals surface area contributed by atoms with Crippen LogP contribution in [-0.2, 0) is 13.0 Å². The fourth-order valence-electron chi connectivity index (χ4n) is 4.76. The highest BCUT2D eigenvalue weighted by Gasteiger charge is 2.25. The number of nitrogens with one attached hydrogen (secondary N) is 2. The van der Waals surface area contributed by atoms with Crippen LogP contribution in [0, 0.1) is 20.8 Å². The minimum absolute atomic E-state index is 0.257. The molecule has 4 nitrogen and oxygen atoms in total. The molecule has 0 aromatic heterocycles. The molecule has 0 bridgehead atoms. The van der Waals surface area contributed by atoms with E-state index in [9.17, 15) is 0 Å². The van der Waals surface area contributed by atoms with Gasteiger partial charge >= 0.3 is 0 Å². The molecule has 0 saturated carbocycles. The lowest BCUT2D eigenvalue weighted by molar-refractivity contribution is 0.598. The maximum Gasteiger partial charge on any atom is 0.0861 e. The largest absolute Gasteiger partial charge is 0.403 e. The Morgan fingerprint density at radius 3 is 2.22 bits per heavy atom. The number of hydrogen-bond donors (Lipinski definition) is 3. The van der Waals surface area contributed by atoms with Crippen LogP contribution >= 0.6 is 0 Å². The van der Waals surface area contributed by atoms with E-state index < -0.39 is 0 Å². The third kappa shape index (κ3) is 9.53. The summed E-state index contributed by atoms with van der Waals surface area (Å²) < 4.78 is 0. The Bertz CT molecular complexity index is 1410. The van der Waals surface area contributed by atoms with Gasteiger partial charge in [-0.1, -0.05) is 68.3 Å². The predicted octanol–water partition coefficient (Wildman–Crippen LogP) is 8.83. The van der Waals surface area contributed by atoms with E-state index in [2.05, 4.69) is 108 Å². The van der Waals surface area contributed by atoms with Gasteiger partial charge in [0, 0.05) is 17.9 Å². The normalized spacial score (nSPS) is 14.9. The van der Waals surface area contributed by atoms with Gasteiger partial charge in [0.1, 0.15) is 0 Å². The second-order valence-electron chi connectivity index (χ2n) is 11.2. The van der Waals surface area contributed by atoms with Crippen LogP contribution in [0.15, 0.2) is 102 Å². The first-order valence-corrected chi connectivity index (χ1v) is 14.3. The zero-order chi connectivity index (χ0) is 30.9. The molecule has 0 saturated heterocycles. The lowest BCUT2D eigenvalue weighted by Crippen LogP contribution is -2.21. The van der Waals surface area contributed by atoms with Crippen LogP contribution in [0.2, 0.25) is 0 Å². The van der Waals surface area contributed by atoms with E-state index in [1.807, 2.05) is 19.9 Å². The summed E-state index contributed by atoms with van der Waals surface area (Å²) in [5.41, 5.74) is 20.5. The Morgan fingerprint density at radius 2 is 1.63 bits per heavy atom. The molecule has 4 N–H and O–H groups in total. The monoisotopic (exact) mass is 550 g/mol. The van der Waals surface area contributed by atoms with Crippen molar-refractivity contribution in [3.63, 3.8) is 0 Å². The maximum atomic E-state index is 4.92. The zero-order valence-electron chi connectivity index (χ0n) is 26.6. The second-order valence-corrected chi connectivity index (χ2v) is 11.2. The number of allylic oxidation sites excluding steroid dienone is 6. The van der Waals surface area contributed by atoms with Gasteiger partial charge in [0.15, 0.2) is 0 Å². The van der Waals surface area contributed by atoms with Crippen molar-refractivity contribution in [2.75, 3.05) is 0 Å². The summed E-state index contributed by atoms with van der Waals surface area (Å²) in [4.78, 5) is 4.83. The molecule has 2 aromatic carbocycles. The number of aliphatic imine (C=N–C) groups is 1. The first-order valence-electron chi connectivity index (χ1n) is 14.3. The van der Waals surface area contributed by atoms with E-state index in [1.165, 1.54) is 38.9 Å². The Labute approximate surface area is 249 Å². The Balaban J connectivity index is 0.00000138. The van der Waals surface area contributed by atoms with Gasteiger partial charge in [-0.15, -0.1) is 0 Å². The van der Waals surface area contributed by atoms with Crippen molar-refractivity contribution in [2.45, 2.75) is 80.8 Å². The quantitative estimate of drug-likeness (QED) is 0.205. The molecule has 0 radical (unpaired) electrons. The molecule has 1 aliphatic rings. The number of nitrogens with two attached hydrogens (primary N) is 1. The van der Waals surface area contributed by atoms with Gasteiger partial charge < -0.3 is 16.4 Å². The summed E-state index contributed by atoms with van der Waals surface area (Å²) in [7, 11) is 0. The number of aryl methyl sites for hydroxylation is 2. The Kier molecular flexibility index (Phi) is 12.2. The van der Waals surface area contributed by atoms with E-state index in [-0.39, 0.29) is 6.04 Å². The molecule has 1 aliphatic carbocycles. The molecule has 4 heteroatoms.